The second-order valence-electron chi connectivity index (χ2n) is 7.53. The van der Waals surface area contributed by atoms with Gasteiger partial charge in [0.15, 0.2) is 11.5 Å². The summed E-state index contributed by atoms with van der Waals surface area (Å²) in [5.41, 5.74) is 1.16. The lowest BCUT2D eigenvalue weighted by Crippen LogP contribution is -2.35. The third-order valence-corrected chi connectivity index (χ3v) is 7.28. The summed E-state index contributed by atoms with van der Waals surface area (Å²) < 4.78 is 38.3. The van der Waals surface area contributed by atoms with Crippen LogP contribution in [0.2, 0.25) is 0 Å². The summed E-state index contributed by atoms with van der Waals surface area (Å²) in [6.07, 6.45) is 2.77. The van der Waals surface area contributed by atoms with Crippen LogP contribution in [0.5, 0.6) is 11.5 Å². The fraction of sp³-hybridized carbons (Fsp3) is 0.435. The normalized spacial score (nSPS) is 15.8. The second-order valence-corrected chi connectivity index (χ2v) is 9.47. The van der Waals surface area contributed by atoms with Gasteiger partial charge in [-0.25, -0.2) is 8.42 Å². The molecule has 3 rings (SSSR count). The lowest BCUT2D eigenvalue weighted by Gasteiger charge is -2.26. The van der Waals surface area contributed by atoms with Crippen LogP contribution in [-0.4, -0.2) is 45.4 Å². The Morgan fingerprint density at radius 3 is 2.52 bits per heavy atom. The van der Waals surface area contributed by atoms with Crippen LogP contribution in [0.3, 0.4) is 0 Å². The van der Waals surface area contributed by atoms with Crippen molar-refractivity contribution in [2.75, 3.05) is 26.8 Å². The van der Waals surface area contributed by atoms with E-state index in [-0.39, 0.29) is 16.8 Å². The molecule has 1 unspecified atom stereocenters. The molecule has 0 bridgehead atoms. The van der Waals surface area contributed by atoms with Gasteiger partial charge in [-0.15, -0.1) is 0 Å². The molecule has 1 heterocycles. The Bertz CT molecular complexity index is 1020. The number of piperidine rings is 1. The molecule has 31 heavy (non-hydrogen) atoms. The molecule has 0 spiro atoms. The standard InChI is InChI=1S/C23H30N2O5S/c1-4-30-21-12-11-18(16-22(21)29-3)17(2)24-23(26)19-9-8-10-20(15-19)31(27,28)25-13-6-5-7-14-25/h8-12,15-17H,4-7,13-14H2,1-3H3,(H,24,26). The number of rotatable bonds is 8. The van der Waals surface area contributed by atoms with Crippen molar-refractivity contribution in [3.8, 4) is 11.5 Å². The fourth-order valence-corrected chi connectivity index (χ4v) is 5.21. The predicted molar refractivity (Wildman–Crippen MR) is 119 cm³/mol. The van der Waals surface area contributed by atoms with E-state index in [9.17, 15) is 13.2 Å². The number of carbonyl (C=O) groups excluding carboxylic acids is 1. The summed E-state index contributed by atoms with van der Waals surface area (Å²) in [5.74, 6) is 0.897. The molecule has 7 nitrogen and oxygen atoms in total. The topological polar surface area (TPSA) is 84.9 Å². The van der Waals surface area contributed by atoms with Gasteiger partial charge in [0.25, 0.3) is 5.91 Å². The molecule has 8 heteroatoms. The van der Waals surface area contributed by atoms with Gasteiger partial charge in [0, 0.05) is 18.7 Å². The first-order valence-corrected chi connectivity index (χ1v) is 12.0. The van der Waals surface area contributed by atoms with Crippen LogP contribution < -0.4 is 14.8 Å². The van der Waals surface area contributed by atoms with Gasteiger partial charge < -0.3 is 14.8 Å². The molecule has 0 aromatic heterocycles. The van der Waals surface area contributed by atoms with Crippen molar-refractivity contribution in [1.82, 2.24) is 9.62 Å². The Balaban J connectivity index is 1.75. The first-order chi connectivity index (χ1) is 14.9. The molecule has 168 valence electrons. The van der Waals surface area contributed by atoms with Gasteiger partial charge in [-0.2, -0.15) is 4.31 Å². The lowest BCUT2D eigenvalue weighted by atomic mass is 10.1. The van der Waals surface area contributed by atoms with Gasteiger partial charge in [0.05, 0.1) is 24.7 Å². The summed E-state index contributed by atoms with van der Waals surface area (Å²) in [6.45, 7) is 5.33. The first-order valence-electron chi connectivity index (χ1n) is 10.6. The summed E-state index contributed by atoms with van der Waals surface area (Å²) in [6, 6.07) is 11.4. The zero-order valence-electron chi connectivity index (χ0n) is 18.3. The van der Waals surface area contributed by atoms with Crippen LogP contribution in [0.25, 0.3) is 0 Å². The molecule has 0 aliphatic carbocycles. The molecule has 1 saturated heterocycles. The number of hydrogen-bond acceptors (Lipinski definition) is 5. The minimum atomic E-state index is -3.60. The number of carbonyl (C=O) groups is 1. The summed E-state index contributed by atoms with van der Waals surface area (Å²) in [4.78, 5) is 13.0. The van der Waals surface area contributed by atoms with Gasteiger partial charge in [-0.1, -0.05) is 18.6 Å². The lowest BCUT2D eigenvalue weighted by molar-refractivity contribution is 0.0939. The van der Waals surface area contributed by atoms with Crippen molar-refractivity contribution in [3.05, 3.63) is 53.6 Å². The van der Waals surface area contributed by atoms with Crippen LogP contribution in [0, 0.1) is 0 Å². The summed E-state index contributed by atoms with van der Waals surface area (Å²) in [5, 5.41) is 2.93. The van der Waals surface area contributed by atoms with Crippen LogP contribution in [0.15, 0.2) is 47.4 Å². The quantitative estimate of drug-likeness (QED) is 0.667. The monoisotopic (exact) mass is 446 g/mol. The van der Waals surface area contributed by atoms with E-state index in [0.29, 0.717) is 36.8 Å². The minimum Gasteiger partial charge on any atom is -0.493 e. The van der Waals surface area contributed by atoms with E-state index in [1.807, 2.05) is 32.0 Å². The zero-order valence-corrected chi connectivity index (χ0v) is 19.1. The highest BCUT2D eigenvalue weighted by Crippen LogP contribution is 2.30. The van der Waals surface area contributed by atoms with E-state index in [1.165, 1.54) is 10.4 Å². The SMILES string of the molecule is CCOc1ccc(C(C)NC(=O)c2cccc(S(=O)(=O)N3CCCCC3)c2)cc1OC. The van der Waals surface area contributed by atoms with E-state index in [0.717, 1.165) is 24.8 Å². The van der Waals surface area contributed by atoms with Crippen LogP contribution in [0.1, 0.15) is 55.1 Å². The van der Waals surface area contributed by atoms with Gasteiger partial charge in [-0.3, -0.25) is 4.79 Å². The number of methoxy groups -OCH3 is 1. The molecule has 0 radical (unpaired) electrons. The molecule has 0 saturated carbocycles. The van der Waals surface area contributed by atoms with Gasteiger partial charge in [0.1, 0.15) is 0 Å². The second kappa shape index (κ2) is 10.2. The number of ether oxygens (including phenoxy) is 2. The molecular formula is C23H30N2O5S. The van der Waals surface area contributed by atoms with Crippen molar-refractivity contribution in [2.24, 2.45) is 0 Å². The number of nitrogens with zero attached hydrogens (tertiary/aromatic N) is 1. The molecule has 2 aromatic rings. The first kappa shape index (κ1) is 23.1. The van der Waals surface area contributed by atoms with E-state index >= 15 is 0 Å². The average molecular weight is 447 g/mol. The molecule has 1 N–H and O–H groups in total. The third-order valence-electron chi connectivity index (χ3n) is 5.38. The molecule has 1 fully saturated rings. The van der Waals surface area contributed by atoms with Crippen LogP contribution >= 0.6 is 0 Å². The summed E-state index contributed by atoms with van der Waals surface area (Å²) in [7, 11) is -2.03. The molecule has 1 atom stereocenters. The van der Waals surface area contributed by atoms with Crippen LogP contribution in [0.4, 0.5) is 0 Å². The highest BCUT2D eigenvalue weighted by atomic mass is 32.2. The van der Waals surface area contributed by atoms with Crippen molar-refractivity contribution in [2.45, 2.75) is 44.0 Å². The largest absolute Gasteiger partial charge is 0.493 e. The van der Waals surface area contributed by atoms with Crippen molar-refractivity contribution >= 4 is 15.9 Å². The van der Waals surface area contributed by atoms with E-state index in [2.05, 4.69) is 5.32 Å². The smallest absolute Gasteiger partial charge is 0.251 e. The Morgan fingerprint density at radius 2 is 1.84 bits per heavy atom. The predicted octanol–water partition coefficient (Wildman–Crippen LogP) is 3.76. The molecule has 1 aliphatic heterocycles. The number of amides is 1. The van der Waals surface area contributed by atoms with Crippen molar-refractivity contribution < 1.29 is 22.7 Å². The number of nitrogens with one attached hydrogen (secondary N) is 1. The van der Waals surface area contributed by atoms with Crippen LogP contribution in [-0.2, 0) is 10.0 Å². The number of hydrogen-bond donors (Lipinski definition) is 1. The average Bonchev–Trinajstić information content (AvgIpc) is 2.80. The van der Waals surface area contributed by atoms with E-state index in [1.54, 1.807) is 25.3 Å². The Labute approximate surface area is 184 Å². The maximum atomic E-state index is 12.9. The molecule has 1 amide bonds. The third kappa shape index (κ3) is 5.37. The minimum absolute atomic E-state index is 0.150. The van der Waals surface area contributed by atoms with Gasteiger partial charge in [0.2, 0.25) is 10.0 Å². The fourth-order valence-electron chi connectivity index (χ4n) is 3.64. The number of benzene rings is 2. The van der Waals surface area contributed by atoms with E-state index < -0.39 is 10.0 Å². The Hall–Kier alpha value is -2.58. The zero-order chi connectivity index (χ0) is 22.4. The number of sulfonamides is 1. The van der Waals surface area contributed by atoms with Crippen molar-refractivity contribution in [1.29, 1.82) is 0 Å². The molecule has 2 aromatic carbocycles. The maximum absolute atomic E-state index is 12.9. The van der Waals surface area contributed by atoms with Crippen molar-refractivity contribution in [3.63, 3.8) is 0 Å². The van der Waals surface area contributed by atoms with E-state index in [4.69, 9.17) is 9.47 Å². The Kier molecular flexibility index (Phi) is 7.56. The molecular weight excluding hydrogens is 416 g/mol. The Morgan fingerprint density at radius 1 is 1.10 bits per heavy atom. The van der Waals surface area contributed by atoms with Gasteiger partial charge in [-0.05, 0) is 62.6 Å². The highest BCUT2D eigenvalue weighted by Gasteiger charge is 2.26. The highest BCUT2D eigenvalue weighted by molar-refractivity contribution is 7.89. The summed E-state index contributed by atoms with van der Waals surface area (Å²) >= 11 is 0. The molecule has 1 aliphatic rings. The van der Waals surface area contributed by atoms with Gasteiger partial charge >= 0.3 is 0 Å². The maximum Gasteiger partial charge on any atom is 0.251 e.